The van der Waals surface area contributed by atoms with E-state index in [9.17, 15) is 4.79 Å². The van der Waals surface area contributed by atoms with Crippen molar-refractivity contribution in [2.24, 2.45) is 22.7 Å². The van der Waals surface area contributed by atoms with E-state index >= 15 is 0 Å². The van der Waals surface area contributed by atoms with Crippen LogP contribution in [0.3, 0.4) is 0 Å². The summed E-state index contributed by atoms with van der Waals surface area (Å²) < 4.78 is 22.8. The number of ether oxygens (including phenoxy) is 4. The summed E-state index contributed by atoms with van der Waals surface area (Å²) in [6, 6.07) is 1.81. The normalized spacial score (nSPS) is 31.8. The minimum Gasteiger partial charge on any atom is -0.493 e. The highest BCUT2D eigenvalue weighted by Crippen LogP contribution is 2.61. The fourth-order valence-electron chi connectivity index (χ4n) is 6.07. The van der Waals surface area contributed by atoms with Crippen molar-refractivity contribution in [3.05, 3.63) is 11.6 Å². The summed E-state index contributed by atoms with van der Waals surface area (Å²) in [5.74, 6) is 3.91. The highest BCUT2D eigenvalue weighted by atomic mass is 16.5. The molecule has 4 atom stereocenters. The number of carbonyl (C=O) groups is 1. The molecule has 5 nitrogen and oxygen atoms in total. The summed E-state index contributed by atoms with van der Waals surface area (Å²) in [4.78, 5) is 13.0. The molecular weight excluding hydrogens is 368 g/mol. The first-order valence-electron chi connectivity index (χ1n) is 10.7. The maximum absolute atomic E-state index is 13.0. The van der Waals surface area contributed by atoms with Crippen molar-refractivity contribution in [3.63, 3.8) is 0 Å². The lowest BCUT2D eigenvalue weighted by Crippen LogP contribution is -2.54. The van der Waals surface area contributed by atoms with E-state index in [1.165, 1.54) is 0 Å². The van der Waals surface area contributed by atoms with Crippen LogP contribution in [0.4, 0.5) is 0 Å². The van der Waals surface area contributed by atoms with E-state index in [0.717, 1.165) is 44.1 Å². The van der Waals surface area contributed by atoms with Gasteiger partial charge in [0.05, 0.1) is 28.4 Å². The predicted molar refractivity (Wildman–Crippen MR) is 113 cm³/mol. The van der Waals surface area contributed by atoms with Crippen molar-refractivity contribution >= 4 is 5.78 Å². The predicted octanol–water partition coefficient (Wildman–Crippen LogP) is 5.08. The summed E-state index contributed by atoms with van der Waals surface area (Å²) in [5.41, 5.74) is 0.673. The Morgan fingerprint density at radius 1 is 0.966 bits per heavy atom. The van der Waals surface area contributed by atoms with E-state index < -0.39 is 0 Å². The summed E-state index contributed by atoms with van der Waals surface area (Å²) in [6.45, 7) is 6.88. The van der Waals surface area contributed by atoms with Crippen molar-refractivity contribution in [1.82, 2.24) is 0 Å². The lowest BCUT2D eigenvalue weighted by atomic mass is 9.46. The van der Waals surface area contributed by atoms with E-state index in [1.54, 1.807) is 28.4 Å². The Bertz CT molecular complexity index is 743. The first-order valence-corrected chi connectivity index (χ1v) is 10.7. The van der Waals surface area contributed by atoms with Crippen LogP contribution in [-0.4, -0.2) is 34.2 Å². The monoisotopic (exact) mass is 404 g/mol. The van der Waals surface area contributed by atoms with Crippen molar-refractivity contribution in [2.45, 2.75) is 59.3 Å². The quantitative estimate of drug-likeness (QED) is 0.662. The Hall–Kier alpha value is -1.91. The topological polar surface area (TPSA) is 54.0 Å². The van der Waals surface area contributed by atoms with Crippen LogP contribution in [0.1, 0.15) is 58.4 Å². The second-order valence-corrected chi connectivity index (χ2v) is 9.23. The zero-order valence-electron chi connectivity index (χ0n) is 19.0. The molecule has 0 spiro atoms. The van der Waals surface area contributed by atoms with Crippen molar-refractivity contribution < 1.29 is 23.7 Å². The second-order valence-electron chi connectivity index (χ2n) is 9.23. The molecule has 3 rings (SSSR count). The third kappa shape index (κ3) is 3.36. The number of rotatable bonds is 6. The molecule has 0 saturated heterocycles. The summed E-state index contributed by atoms with van der Waals surface area (Å²) in [6.07, 6.45) is 5.59. The smallest absolute Gasteiger partial charge is 0.167 e. The molecule has 162 valence electrons. The molecule has 0 heterocycles. The molecule has 2 fully saturated rings. The highest BCUT2D eigenvalue weighted by molar-refractivity contribution is 5.85. The Kier molecular flexibility index (Phi) is 6.07. The van der Waals surface area contributed by atoms with E-state index in [2.05, 4.69) is 20.8 Å². The second kappa shape index (κ2) is 8.08. The van der Waals surface area contributed by atoms with Gasteiger partial charge in [-0.25, -0.2) is 0 Å². The molecular formula is C24H36O5. The Labute approximate surface area is 175 Å². The Morgan fingerprint density at radius 3 is 2.07 bits per heavy atom. The van der Waals surface area contributed by atoms with Crippen LogP contribution in [0.25, 0.3) is 0 Å². The molecule has 0 amide bonds. The third-order valence-electron chi connectivity index (χ3n) is 7.98. The van der Waals surface area contributed by atoms with Gasteiger partial charge < -0.3 is 18.9 Å². The largest absolute Gasteiger partial charge is 0.493 e. The molecule has 29 heavy (non-hydrogen) atoms. The van der Waals surface area contributed by atoms with Crippen molar-refractivity contribution in [3.8, 4) is 23.0 Å². The number of carbonyl (C=O) groups excluding carboxylic acids is 1. The van der Waals surface area contributed by atoms with Gasteiger partial charge in [-0.15, -0.1) is 0 Å². The summed E-state index contributed by atoms with van der Waals surface area (Å²) in [7, 11) is 6.59. The standard InChI is InChI=1S/C24H36O5/c1-15-11-12-23(2)19(9-8-10-20(23)25)24(15,3)14-16-21(28-6)17(26-4)13-18(27-5)22(16)29-7/h13,15,19H,8-12,14H2,1-7H3/t15-,19-,23+,24-/m1/s1. The maximum atomic E-state index is 13.0. The average Bonchev–Trinajstić information content (AvgIpc) is 2.71. The molecule has 1 aromatic carbocycles. The van der Waals surface area contributed by atoms with Gasteiger partial charge in [0.15, 0.2) is 23.0 Å². The minimum atomic E-state index is -0.233. The van der Waals surface area contributed by atoms with Crippen LogP contribution < -0.4 is 18.9 Å². The number of hydrogen-bond acceptors (Lipinski definition) is 5. The number of benzene rings is 1. The summed E-state index contributed by atoms with van der Waals surface area (Å²) in [5, 5.41) is 0. The van der Waals surface area contributed by atoms with Gasteiger partial charge in [0.1, 0.15) is 5.78 Å². The van der Waals surface area contributed by atoms with Crippen LogP contribution in [0.2, 0.25) is 0 Å². The summed E-state index contributed by atoms with van der Waals surface area (Å²) >= 11 is 0. The lowest BCUT2D eigenvalue weighted by Gasteiger charge is -2.57. The van der Waals surface area contributed by atoms with Gasteiger partial charge in [-0.05, 0) is 49.4 Å². The fourth-order valence-corrected chi connectivity index (χ4v) is 6.07. The van der Waals surface area contributed by atoms with Gasteiger partial charge in [-0.2, -0.15) is 0 Å². The van der Waals surface area contributed by atoms with Crippen LogP contribution in [-0.2, 0) is 11.2 Å². The molecule has 2 aliphatic rings. The average molecular weight is 405 g/mol. The molecule has 2 aliphatic carbocycles. The zero-order valence-corrected chi connectivity index (χ0v) is 19.0. The number of methoxy groups -OCH3 is 4. The molecule has 0 bridgehead atoms. The maximum Gasteiger partial charge on any atom is 0.167 e. The number of fused-ring (bicyclic) bond motifs is 1. The Balaban J connectivity index is 2.15. The molecule has 0 radical (unpaired) electrons. The SMILES string of the molecule is COc1cc(OC)c(OC)c(C[C@]2(C)[C@H](C)CC[C@]3(C)C(=O)CCC[C@@H]23)c1OC. The molecule has 0 unspecified atom stereocenters. The van der Waals surface area contributed by atoms with Gasteiger partial charge >= 0.3 is 0 Å². The molecule has 5 heteroatoms. The number of ketones is 1. The number of hydrogen-bond donors (Lipinski definition) is 0. The fraction of sp³-hybridized carbons (Fsp3) is 0.708. The van der Waals surface area contributed by atoms with Crippen LogP contribution in [0.15, 0.2) is 6.07 Å². The van der Waals surface area contributed by atoms with Crippen molar-refractivity contribution in [2.75, 3.05) is 28.4 Å². The van der Waals surface area contributed by atoms with Gasteiger partial charge in [-0.3, -0.25) is 4.79 Å². The van der Waals surface area contributed by atoms with Crippen molar-refractivity contribution in [1.29, 1.82) is 0 Å². The van der Waals surface area contributed by atoms with Gasteiger partial charge in [-0.1, -0.05) is 20.8 Å². The number of Topliss-reactive ketones (excluding diaryl/α,β-unsaturated/α-hetero) is 1. The third-order valence-corrected chi connectivity index (χ3v) is 7.98. The van der Waals surface area contributed by atoms with E-state index in [1.807, 2.05) is 6.07 Å². The van der Waals surface area contributed by atoms with Crippen LogP contribution in [0.5, 0.6) is 23.0 Å². The molecule has 0 aliphatic heterocycles. The van der Waals surface area contributed by atoms with E-state index in [-0.39, 0.29) is 10.8 Å². The van der Waals surface area contributed by atoms with Crippen LogP contribution in [0, 0.1) is 22.7 Å². The first kappa shape index (κ1) is 21.8. The molecule has 0 aromatic heterocycles. The minimum absolute atomic E-state index is 0.0545. The van der Waals surface area contributed by atoms with Crippen LogP contribution >= 0.6 is 0 Å². The Morgan fingerprint density at radius 2 is 1.55 bits per heavy atom. The molecule has 1 aromatic rings. The first-order chi connectivity index (χ1) is 13.8. The van der Waals surface area contributed by atoms with Gasteiger partial charge in [0.25, 0.3) is 0 Å². The molecule has 0 N–H and O–H groups in total. The van der Waals surface area contributed by atoms with Gasteiger partial charge in [0, 0.05) is 23.5 Å². The van der Waals surface area contributed by atoms with E-state index in [4.69, 9.17) is 18.9 Å². The zero-order chi connectivity index (χ0) is 21.4. The lowest BCUT2D eigenvalue weighted by molar-refractivity contribution is -0.148. The van der Waals surface area contributed by atoms with Gasteiger partial charge in [0.2, 0.25) is 0 Å². The molecule has 2 saturated carbocycles. The van der Waals surface area contributed by atoms with E-state index in [0.29, 0.717) is 40.6 Å². The highest BCUT2D eigenvalue weighted by Gasteiger charge is 2.56.